The van der Waals surface area contributed by atoms with E-state index in [0.29, 0.717) is 16.7 Å². The SMILES string of the molecule is Nc1ccc2cc(C(=O)OCc3ccccc3)c(=O)oc2c1. The molecule has 2 N–H and O–H groups in total. The number of carbonyl (C=O) groups excluding carboxylic acids is 1. The average Bonchev–Trinajstić information content (AvgIpc) is 2.53. The number of rotatable bonds is 3. The molecule has 0 unspecified atom stereocenters. The summed E-state index contributed by atoms with van der Waals surface area (Å²) in [5.41, 5.74) is 6.42. The maximum atomic E-state index is 12.0. The van der Waals surface area contributed by atoms with Gasteiger partial charge in [0.1, 0.15) is 17.8 Å². The van der Waals surface area contributed by atoms with E-state index in [1.807, 2.05) is 30.3 Å². The molecular formula is C17H13NO4. The number of nitrogens with two attached hydrogens (primary N) is 1. The Morgan fingerprint density at radius 3 is 2.64 bits per heavy atom. The van der Waals surface area contributed by atoms with Crippen molar-refractivity contribution < 1.29 is 13.9 Å². The van der Waals surface area contributed by atoms with Gasteiger partial charge >= 0.3 is 11.6 Å². The van der Waals surface area contributed by atoms with Crippen LogP contribution in [0.4, 0.5) is 5.69 Å². The van der Waals surface area contributed by atoms with E-state index in [1.165, 1.54) is 12.1 Å². The van der Waals surface area contributed by atoms with Gasteiger partial charge in [0.05, 0.1) is 0 Å². The number of nitrogen functional groups attached to an aromatic ring is 1. The monoisotopic (exact) mass is 295 g/mol. The largest absolute Gasteiger partial charge is 0.457 e. The molecule has 110 valence electrons. The van der Waals surface area contributed by atoms with Gasteiger partial charge in [-0.25, -0.2) is 9.59 Å². The highest BCUT2D eigenvalue weighted by Crippen LogP contribution is 2.17. The number of carbonyl (C=O) groups is 1. The number of hydrogen-bond acceptors (Lipinski definition) is 5. The lowest BCUT2D eigenvalue weighted by Crippen LogP contribution is -2.16. The Morgan fingerprint density at radius 1 is 1.09 bits per heavy atom. The Bertz CT molecular complexity index is 884. The number of ether oxygens (including phenoxy) is 1. The van der Waals surface area contributed by atoms with Crippen molar-refractivity contribution in [2.75, 3.05) is 5.73 Å². The van der Waals surface area contributed by atoms with Crippen molar-refractivity contribution in [3.8, 4) is 0 Å². The molecule has 5 heteroatoms. The van der Waals surface area contributed by atoms with Crippen LogP contribution in [-0.4, -0.2) is 5.97 Å². The minimum atomic E-state index is -0.740. The third-order valence-corrected chi connectivity index (χ3v) is 3.19. The average molecular weight is 295 g/mol. The standard InChI is InChI=1S/C17H13NO4/c18-13-7-6-12-8-14(17(20)22-15(12)9-13)16(19)21-10-11-4-2-1-3-5-11/h1-9H,10,18H2. The van der Waals surface area contributed by atoms with Crippen molar-refractivity contribution in [1.29, 1.82) is 0 Å². The highest BCUT2D eigenvalue weighted by Gasteiger charge is 2.15. The van der Waals surface area contributed by atoms with Gasteiger partial charge in [0.2, 0.25) is 0 Å². The molecule has 0 fully saturated rings. The Labute approximate surface area is 125 Å². The van der Waals surface area contributed by atoms with Crippen LogP contribution < -0.4 is 11.4 Å². The molecule has 1 aromatic heterocycles. The number of hydrogen-bond donors (Lipinski definition) is 1. The molecule has 0 bridgehead atoms. The van der Waals surface area contributed by atoms with Crippen molar-refractivity contribution >= 4 is 22.6 Å². The lowest BCUT2D eigenvalue weighted by Gasteiger charge is -2.05. The van der Waals surface area contributed by atoms with Crippen LogP contribution in [0.5, 0.6) is 0 Å². The van der Waals surface area contributed by atoms with Gasteiger partial charge in [0, 0.05) is 17.1 Å². The summed E-state index contributed by atoms with van der Waals surface area (Å²) < 4.78 is 10.3. The third-order valence-electron chi connectivity index (χ3n) is 3.19. The fraction of sp³-hybridized carbons (Fsp3) is 0.0588. The predicted molar refractivity (Wildman–Crippen MR) is 82.5 cm³/mol. The third kappa shape index (κ3) is 2.83. The summed E-state index contributed by atoms with van der Waals surface area (Å²) in [6.07, 6.45) is 0. The minimum absolute atomic E-state index is 0.0961. The van der Waals surface area contributed by atoms with Crippen LogP contribution in [0.3, 0.4) is 0 Å². The van der Waals surface area contributed by atoms with Crippen molar-refractivity contribution in [3.05, 3.63) is 76.1 Å². The minimum Gasteiger partial charge on any atom is -0.457 e. The highest BCUT2D eigenvalue weighted by atomic mass is 16.5. The van der Waals surface area contributed by atoms with Crippen LogP contribution in [0.1, 0.15) is 15.9 Å². The predicted octanol–water partition coefficient (Wildman–Crippen LogP) is 2.73. The zero-order chi connectivity index (χ0) is 15.5. The molecule has 0 spiro atoms. The van der Waals surface area contributed by atoms with Crippen LogP contribution in [0, 0.1) is 0 Å². The Balaban J connectivity index is 1.86. The molecule has 3 rings (SSSR count). The molecule has 0 aliphatic rings. The molecule has 0 saturated heterocycles. The van der Waals surface area contributed by atoms with Gasteiger partial charge in [0.25, 0.3) is 0 Å². The fourth-order valence-electron chi connectivity index (χ4n) is 2.07. The number of fused-ring (bicyclic) bond motifs is 1. The first-order valence-electron chi connectivity index (χ1n) is 6.68. The second-order valence-electron chi connectivity index (χ2n) is 4.81. The summed E-state index contributed by atoms with van der Waals surface area (Å²) >= 11 is 0. The van der Waals surface area contributed by atoms with E-state index in [-0.39, 0.29) is 12.2 Å². The first-order valence-corrected chi connectivity index (χ1v) is 6.68. The van der Waals surface area contributed by atoms with Crippen LogP contribution >= 0.6 is 0 Å². The molecule has 1 heterocycles. The highest BCUT2D eigenvalue weighted by molar-refractivity contribution is 5.93. The molecule has 3 aromatic rings. The van der Waals surface area contributed by atoms with Crippen molar-refractivity contribution in [2.45, 2.75) is 6.61 Å². The molecule has 0 atom stereocenters. The second kappa shape index (κ2) is 5.73. The molecule has 2 aromatic carbocycles. The van der Waals surface area contributed by atoms with Gasteiger partial charge < -0.3 is 14.9 Å². The number of benzene rings is 2. The van der Waals surface area contributed by atoms with Crippen molar-refractivity contribution in [2.24, 2.45) is 0 Å². The van der Waals surface area contributed by atoms with Gasteiger partial charge in [0.15, 0.2) is 0 Å². The van der Waals surface area contributed by atoms with Crippen LogP contribution in [0.15, 0.2) is 63.8 Å². The second-order valence-corrected chi connectivity index (χ2v) is 4.81. The van der Waals surface area contributed by atoms with E-state index in [0.717, 1.165) is 5.56 Å². The van der Waals surface area contributed by atoms with E-state index in [4.69, 9.17) is 14.9 Å². The van der Waals surface area contributed by atoms with Crippen LogP contribution in [-0.2, 0) is 11.3 Å². The Kier molecular flexibility index (Phi) is 3.62. The summed E-state index contributed by atoms with van der Waals surface area (Å²) in [6, 6.07) is 15.6. The normalized spacial score (nSPS) is 10.5. The zero-order valence-corrected chi connectivity index (χ0v) is 11.6. The zero-order valence-electron chi connectivity index (χ0n) is 11.6. The molecule has 5 nitrogen and oxygen atoms in total. The maximum absolute atomic E-state index is 12.0. The molecule has 0 aliphatic carbocycles. The van der Waals surface area contributed by atoms with Gasteiger partial charge in [-0.05, 0) is 23.8 Å². The molecule has 0 saturated carbocycles. The van der Waals surface area contributed by atoms with Gasteiger partial charge in [-0.3, -0.25) is 0 Å². The first kappa shape index (κ1) is 13.9. The van der Waals surface area contributed by atoms with Crippen molar-refractivity contribution in [1.82, 2.24) is 0 Å². The Morgan fingerprint density at radius 2 is 1.86 bits per heavy atom. The quantitative estimate of drug-likeness (QED) is 0.456. The van der Waals surface area contributed by atoms with E-state index < -0.39 is 11.6 Å². The number of anilines is 1. The summed E-state index contributed by atoms with van der Waals surface area (Å²) in [5, 5.41) is 0.612. The number of esters is 1. The van der Waals surface area contributed by atoms with E-state index in [9.17, 15) is 9.59 Å². The van der Waals surface area contributed by atoms with Gasteiger partial charge in [-0.15, -0.1) is 0 Å². The van der Waals surface area contributed by atoms with Crippen LogP contribution in [0.2, 0.25) is 0 Å². The summed E-state index contributed by atoms with van der Waals surface area (Å²) in [7, 11) is 0. The lowest BCUT2D eigenvalue weighted by atomic mass is 10.1. The fourth-order valence-corrected chi connectivity index (χ4v) is 2.07. The van der Waals surface area contributed by atoms with E-state index in [1.54, 1.807) is 12.1 Å². The summed E-state index contributed by atoms with van der Waals surface area (Å²) in [4.78, 5) is 23.9. The molecule has 22 heavy (non-hydrogen) atoms. The lowest BCUT2D eigenvalue weighted by molar-refractivity contribution is 0.0468. The molecule has 0 aliphatic heterocycles. The molecule has 0 radical (unpaired) electrons. The smallest absolute Gasteiger partial charge is 0.351 e. The van der Waals surface area contributed by atoms with Gasteiger partial charge in [-0.1, -0.05) is 30.3 Å². The maximum Gasteiger partial charge on any atom is 0.351 e. The summed E-state index contributed by atoms with van der Waals surface area (Å²) in [5.74, 6) is -0.712. The van der Waals surface area contributed by atoms with Crippen molar-refractivity contribution in [3.63, 3.8) is 0 Å². The molecule has 0 amide bonds. The van der Waals surface area contributed by atoms with E-state index >= 15 is 0 Å². The topological polar surface area (TPSA) is 82.5 Å². The molecular weight excluding hydrogens is 282 g/mol. The first-order chi connectivity index (χ1) is 10.6. The van der Waals surface area contributed by atoms with Crippen LogP contribution in [0.25, 0.3) is 11.0 Å². The van der Waals surface area contributed by atoms with E-state index in [2.05, 4.69) is 0 Å². The summed E-state index contributed by atoms with van der Waals surface area (Å²) in [6.45, 7) is 0.0961. The van der Waals surface area contributed by atoms with Gasteiger partial charge in [-0.2, -0.15) is 0 Å². The Hall–Kier alpha value is -3.08.